The molecule has 20 heavy (non-hydrogen) atoms. The molecule has 1 aromatic carbocycles. The summed E-state index contributed by atoms with van der Waals surface area (Å²) in [6.45, 7) is 4.73. The Labute approximate surface area is 120 Å². The van der Waals surface area contributed by atoms with Crippen molar-refractivity contribution in [2.45, 2.75) is 39.2 Å². The first-order valence-electron chi connectivity index (χ1n) is 7.33. The fraction of sp³-hybridized carbons (Fsp3) is 0.562. The Morgan fingerprint density at radius 2 is 2.20 bits per heavy atom. The predicted molar refractivity (Wildman–Crippen MR) is 81.4 cm³/mol. The molecule has 0 spiro atoms. The van der Waals surface area contributed by atoms with E-state index in [0.717, 1.165) is 24.0 Å². The Morgan fingerprint density at radius 1 is 1.45 bits per heavy atom. The van der Waals surface area contributed by atoms with E-state index < -0.39 is 0 Å². The molecule has 1 aliphatic carbocycles. The lowest BCUT2D eigenvalue weighted by Gasteiger charge is -2.18. The lowest BCUT2D eigenvalue weighted by atomic mass is 10.1. The third-order valence-electron chi connectivity index (χ3n) is 3.81. The van der Waals surface area contributed by atoms with Gasteiger partial charge in [0.05, 0.1) is 6.04 Å². The van der Waals surface area contributed by atoms with Crippen molar-refractivity contribution in [2.75, 3.05) is 13.6 Å². The van der Waals surface area contributed by atoms with Crippen LogP contribution in [0.5, 0.6) is 0 Å². The van der Waals surface area contributed by atoms with E-state index in [1.807, 2.05) is 19.1 Å². The molecular formula is C16H24FN3. The average molecular weight is 277 g/mol. The standard InChI is InChI=1S/C16H24FN3/c1-11-4-7-14(10-15(11)17)12(2)20-16(18-3)19-9-8-13-5-6-13/h4,7,10,12-13H,5-6,8-9H2,1-3H3,(H2,18,19,20). The molecule has 0 aromatic heterocycles. The Balaban J connectivity index is 1.86. The molecule has 4 heteroatoms. The average Bonchev–Trinajstić information content (AvgIpc) is 3.24. The molecule has 1 unspecified atom stereocenters. The van der Waals surface area contributed by atoms with Gasteiger partial charge in [-0.25, -0.2) is 4.39 Å². The fourth-order valence-corrected chi connectivity index (χ4v) is 2.16. The zero-order valence-corrected chi connectivity index (χ0v) is 12.5. The Kier molecular flexibility index (Phi) is 4.99. The number of nitrogens with zero attached hydrogens (tertiary/aromatic N) is 1. The monoisotopic (exact) mass is 277 g/mol. The van der Waals surface area contributed by atoms with Gasteiger partial charge in [-0.2, -0.15) is 0 Å². The molecule has 1 aliphatic rings. The fourth-order valence-electron chi connectivity index (χ4n) is 2.16. The highest BCUT2D eigenvalue weighted by atomic mass is 19.1. The first-order chi connectivity index (χ1) is 9.60. The van der Waals surface area contributed by atoms with Crippen molar-refractivity contribution in [3.8, 4) is 0 Å². The first kappa shape index (κ1) is 14.8. The number of aliphatic imine (C=N–C) groups is 1. The van der Waals surface area contributed by atoms with Crippen LogP contribution in [0.15, 0.2) is 23.2 Å². The van der Waals surface area contributed by atoms with Gasteiger partial charge in [-0.05, 0) is 43.4 Å². The van der Waals surface area contributed by atoms with Gasteiger partial charge in [0.2, 0.25) is 0 Å². The molecule has 0 amide bonds. The van der Waals surface area contributed by atoms with Gasteiger partial charge in [0.1, 0.15) is 5.82 Å². The number of benzene rings is 1. The number of guanidine groups is 1. The lowest BCUT2D eigenvalue weighted by Crippen LogP contribution is -2.39. The lowest BCUT2D eigenvalue weighted by molar-refractivity contribution is 0.606. The van der Waals surface area contributed by atoms with Crippen LogP contribution in [0, 0.1) is 18.7 Å². The normalized spacial score (nSPS) is 16.9. The second-order valence-corrected chi connectivity index (χ2v) is 5.61. The van der Waals surface area contributed by atoms with Gasteiger partial charge >= 0.3 is 0 Å². The largest absolute Gasteiger partial charge is 0.356 e. The second kappa shape index (κ2) is 6.73. The van der Waals surface area contributed by atoms with Gasteiger partial charge in [0.15, 0.2) is 5.96 Å². The van der Waals surface area contributed by atoms with Gasteiger partial charge < -0.3 is 10.6 Å². The number of halogens is 1. The van der Waals surface area contributed by atoms with Crippen molar-refractivity contribution in [2.24, 2.45) is 10.9 Å². The summed E-state index contributed by atoms with van der Waals surface area (Å²) in [4.78, 5) is 4.21. The molecule has 0 radical (unpaired) electrons. The number of hydrogen-bond acceptors (Lipinski definition) is 1. The minimum absolute atomic E-state index is 0.0252. The van der Waals surface area contributed by atoms with E-state index in [1.165, 1.54) is 19.3 Å². The molecule has 110 valence electrons. The minimum atomic E-state index is -0.159. The van der Waals surface area contributed by atoms with Gasteiger partial charge in [0.25, 0.3) is 0 Å². The Hall–Kier alpha value is -1.58. The molecule has 0 bridgehead atoms. The van der Waals surface area contributed by atoms with Gasteiger partial charge in [-0.1, -0.05) is 25.0 Å². The highest BCUT2D eigenvalue weighted by Crippen LogP contribution is 2.31. The maximum absolute atomic E-state index is 13.6. The van der Waals surface area contributed by atoms with Crippen molar-refractivity contribution < 1.29 is 4.39 Å². The summed E-state index contributed by atoms with van der Waals surface area (Å²) in [6, 6.07) is 5.38. The van der Waals surface area contributed by atoms with Crippen molar-refractivity contribution >= 4 is 5.96 Å². The van der Waals surface area contributed by atoms with E-state index in [0.29, 0.717) is 5.56 Å². The van der Waals surface area contributed by atoms with E-state index in [2.05, 4.69) is 15.6 Å². The number of aryl methyl sites for hydroxylation is 1. The molecular weight excluding hydrogens is 253 g/mol. The third kappa shape index (κ3) is 4.22. The molecule has 2 N–H and O–H groups in total. The minimum Gasteiger partial charge on any atom is -0.356 e. The van der Waals surface area contributed by atoms with Crippen LogP contribution in [0.2, 0.25) is 0 Å². The SMILES string of the molecule is CN=C(NCCC1CC1)NC(C)c1ccc(C)c(F)c1. The molecule has 1 aromatic rings. The predicted octanol–water partition coefficient (Wildman–Crippen LogP) is 3.16. The summed E-state index contributed by atoms with van der Waals surface area (Å²) in [6.07, 6.45) is 3.94. The highest BCUT2D eigenvalue weighted by Gasteiger charge is 2.20. The topological polar surface area (TPSA) is 36.4 Å². The molecule has 1 atom stereocenters. The molecule has 0 aliphatic heterocycles. The van der Waals surface area contributed by atoms with Crippen molar-refractivity contribution in [3.05, 3.63) is 35.1 Å². The van der Waals surface area contributed by atoms with Crippen LogP contribution in [0.3, 0.4) is 0 Å². The second-order valence-electron chi connectivity index (χ2n) is 5.61. The van der Waals surface area contributed by atoms with Crippen LogP contribution in [-0.2, 0) is 0 Å². The zero-order chi connectivity index (χ0) is 14.5. The maximum atomic E-state index is 13.6. The van der Waals surface area contributed by atoms with Crippen LogP contribution in [-0.4, -0.2) is 19.6 Å². The summed E-state index contributed by atoms with van der Waals surface area (Å²) >= 11 is 0. The molecule has 3 nitrogen and oxygen atoms in total. The van der Waals surface area contributed by atoms with E-state index in [9.17, 15) is 4.39 Å². The molecule has 1 fully saturated rings. The number of hydrogen-bond donors (Lipinski definition) is 2. The van der Waals surface area contributed by atoms with Gasteiger partial charge in [-0.3, -0.25) is 4.99 Å². The van der Waals surface area contributed by atoms with Crippen molar-refractivity contribution in [3.63, 3.8) is 0 Å². The van der Waals surface area contributed by atoms with E-state index in [-0.39, 0.29) is 11.9 Å². The van der Waals surface area contributed by atoms with Gasteiger partial charge in [-0.15, -0.1) is 0 Å². The number of nitrogens with one attached hydrogen (secondary N) is 2. The molecule has 0 saturated heterocycles. The van der Waals surface area contributed by atoms with Gasteiger partial charge in [0, 0.05) is 13.6 Å². The van der Waals surface area contributed by atoms with E-state index >= 15 is 0 Å². The quantitative estimate of drug-likeness (QED) is 0.640. The zero-order valence-electron chi connectivity index (χ0n) is 12.5. The summed E-state index contributed by atoms with van der Waals surface area (Å²) in [5.41, 5.74) is 1.60. The van der Waals surface area contributed by atoms with Crippen LogP contribution >= 0.6 is 0 Å². The number of rotatable bonds is 5. The third-order valence-corrected chi connectivity index (χ3v) is 3.81. The van der Waals surface area contributed by atoms with E-state index in [4.69, 9.17) is 0 Å². The first-order valence-corrected chi connectivity index (χ1v) is 7.33. The summed E-state index contributed by atoms with van der Waals surface area (Å²) in [7, 11) is 1.76. The van der Waals surface area contributed by atoms with Crippen molar-refractivity contribution in [1.29, 1.82) is 0 Å². The Bertz CT molecular complexity index is 481. The van der Waals surface area contributed by atoms with E-state index in [1.54, 1.807) is 20.0 Å². The summed E-state index contributed by atoms with van der Waals surface area (Å²) in [5, 5.41) is 6.61. The van der Waals surface area contributed by atoms with Crippen LogP contribution in [0.1, 0.15) is 43.4 Å². The molecule has 1 saturated carbocycles. The maximum Gasteiger partial charge on any atom is 0.191 e. The molecule has 0 heterocycles. The van der Waals surface area contributed by atoms with Crippen molar-refractivity contribution in [1.82, 2.24) is 10.6 Å². The van der Waals surface area contributed by atoms with Crippen LogP contribution in [0.25, 0.3) is 0 Å². The highest BCUT2D eigenvalue weighted by molar-refractivity contribution is 5.80. The summed E-state index contributed by atoms with van der Waals surface area (Å²) in [5.74, 6) is 1.52. The van der Waals surface area contributed by atoms with Crippen LogP contribution in [0.4, 0.5) is 4.39 Å². The van der Waals surface area contributed by atoms with Crippen LogP contribution < -0.4 is 10.6 Å². The Morgan fingerprint density at radius 3 is 2.80 bits per heavy atom. The molecule has 2 rings (SSSR count). The summed E-state index contributed by atoms with van der Waals surface area (Å²) < 4.78 is 13.6. The smallest absolute Gasteiger partial charge is 0.191 e.